The van der Waals surface area contributed by atoms with Crippen LogP contribution in [0.3, 0.4) is 0 Å². The van der Waals surface area contributed by atoms with Crippen molar-refractivity contribution in [3.8, 4) is 16.9 Å². The quantitative estimate of drug-likeness (QED) is 0.548. The third-order valence-corrected chi connectivity index (χ3v) is 5.94. The number of amides is 1. The summed E-state index contributed by atoms with van der Waals surface area (Å²) in [5.41, 5.74) is 6.94. The van der Waals surface area contributed by atoms with E-state index in [2.05, 4.69) is 32.1 Å². The Morgan fingerprint density at radius 3 is 2.69 bits per heavy atom. The second-order valence-corrected chi connectivity index (χ2v) is 7.83. The number of hydrogen-bond donors (Lipinski definition) is 0. The first-order chi connectivity index (χ1) is 14.0. The molecule has 0 bridgehead atoms. The molecule has 0 unspecified atom stereocenters. The SMILES string of the molecule is COc1ccnc(CN2CCc3c(cc(CBr)cc3-c3cn(C)nc3C)C2=O)c1. The number of rotatable bonds is 5. The standard InChI is InChI=1S/C22H23BrN4O2/c1-14-21(13-26(2)25-14)19-8-15(11-23)9-20-18(19)5-7-27(22(20)28)12-16-10-17(29-3)4-6-24-16/h4,6,8-10,13H,5,7,11-12H2,1-3H3. The van der Waals surface area contributed by atoms with Crippen LogP contribution in [-0.4, -0.2) is 39.2 Å². The molecule has 2 aromatic heterocycles. The van der Waals surface area contributed by atoms with Gasteiger partial charge in [-0.25, -0.2) is 0 Å². The molecule has 29 heavy (non-hydrogen) atoms. The summed E-state index contributed by atoms with van der Waals surface area (Å²) in [6.07, 6.45) is 4.54. The Kier molecular flexibility index (Phi) is 5.41. The molecular formula is C22H23BrN4O2. The largest absolute Gasteiger partial charge is 0.497 e. The van der Waals surface area contributed by atoms with E-state index in [1.165, 1.54) is 0 Å². The molecule has 0 radical (unpaired) electrons. The number of pyridine rings is 1. The molecule has 1 amide bonds. The van der Waals surface area contributed by atoms with Crippen LogP contribution in [0.25, 0.3) is 11.1 Å². The van der Waals surface area contributed by atoms with Crippen molar-refractivity contribution in [3.05, 3.63) is 64.7 Å². The molecule has 150 valence electrons. The fourth-order valence-corrected chi connectivity index (χ4v) is 4.23. The highest BCUT2D eigenvalue weighted by molar-refractivity contribution is 9.08. The molecule has 0 spiro atoms. The van der Waals surface area contributed by atoms with Gasteiger partial charge in [0.15, 0.2) is 0 Å². The summed E-state index contributed by atoms with van der Waals surface area (Å²) in [6, 6.07) is 7.86. The van der Waals surface area contributed by atoms with E-state index >= 15 is 0 Å². The number of ether oxygens (including phenoxy) is 1. The number of alkyl halides is 1. The predicted molar refractivity (Wildman–Crippen MR) is 115 cm³/mol. The van der Waals surface area contributed by atoms with Crippen LogP contribution in [0.2, 0.25) is 0 Å². The van der Waals surface area contributed by atoms with E-state index in [4.69, 9.17) is 4.74 Å². The molecule has 1 aromatic carbocycles. The molecule has 0 saturated carbocycles. The van der Waals surface area contributed by atoms with Gasteiger partial charge in [-0.1, -0.05) is 15.9 Å². The van der Waals surface area contributed by atoms with Gasteiger partial charge in [-0.05, 0) is 48.2 Å². The van der Waals surface area contributed by atoms with Gasteiger partial charge in [-0.3, -0.25) is 14.5 Å². The number of fused-ring (bicyclic) bond motifs is 1. The Morgan fingerprint density at radius 2 is 2.00 bits per heavy atom. The van der Waals surface area contributed by atoms with Gasteiger partial charge < -0.3 is 9.64 Å². The minimum Gasteiger partial charge on any atom is -0.497 e. The van der Waals surface area contributed by atoms with Crippen LogP contribution in [0.15, 0.2) is 36.7 Å². The van der Waals surface area contributed by atoms with Crippen molar-refractivity contribution in [2.24, 2.45) is 7.05 Å². The third kappa shape index (κ3) is 3.79. The van der Waals surface area contributed by atoms with Crippen molar-refractivity contribution in [2.75, 3.05) is 13.7 Å². The van der Waals surface area contributed by atoms with E-state index in [0.717, 1.165) is 51.4 Å². The normalized spacial score (nSPS) is 13.5. The summed E-state index contributed by atoms with van der Waals surface area (Å²) < 4.78 is 7.10. The molecule has 0 aliphatic carbocycles. The zero-order chi connectivity index (χ0) is 20.5. The summed E-state index contributed by atoms with van der Waals surface area (Å²) in [4.78, 5) is 19.6. The van der Waals surface area contributed by atoms with Crippen molar-refractivity contribution in [1.29, 1.82) is 0 Å². The van der Waals surface area contributed by atoms with Gasteiger partial charge in [0.1, 0.15) is 5.75 Å². The van der Waals surface area contributed by atoms with Crippen molar-refractivity contribution >= 4 is 21.8 Å². The van der Waals surface area contributed by atoms with Crippen LogP contribution in [0.4, 0.5) is 0 Å². The Labute approximate surface area is 178 Å². The maximum atomic E-state index is 13.3. The highest BCUT2D eigenvalue weighted by Gasteiger charge is 2.28. The van der Waals surface area contributed by atoms with Crippen LogP contribution < -0.4 is 4.74 Å². The minimum absolute atomic E-state index is 0.0430. The minimum atomic E-state index is 0.0430. The maximum absolute atomic E-state index is 13.3. The van der Waals surface area contributed by atoms with Crippen molar-refractivity contribution in [2.45, 2.75) is 25.2 Å². The first-order valence-corrected chi connectivity index (χ1v) is 10.6. The van der Waals surface area contributed by atoms with Crippen LogP contribution >= 0.6 is 15.9 Å². The Bertz CT molecular complexity index is 1080. The molecule has 3 aromatic rings. The number of halogens is 1. The Hall–Kier alpha value is -2.67. The molecule has 1 aliphatic rings. The van der Waals surface area contributed by atoms with Gasteiger partial charge in [-0.15, -0.1) is 0 Å². The first-order valence-electron chi connectivity index (χ1n) is 9.50. The molecule has 6 nitrogen and oxygen atoms in total. The second kappa shape index (κ2) is 7.99. The first kappa shape index (κ1) is 19.6. The summed E-state index contributed by atoms with van der Waals surface area (Å²) in [6.45, 7) is 3.13. The average molecular weight is 455 g/mol. The lowest BCUT2D eigenvalue weighted by molar-refractivity contribution is 0.0725. The smallest absolute Gasteiger partial charge is 0.254 e. The molecule has 0 N–H and O–H groups in total. The summed E-state index contributed by atoms with van der Waals surface area (Å²) in [7, 11) is 3.55. The number of hydrogen-bond acceptors (Lipinski definition) is 4. The van der Waals surface area contributed by atoms with Crippen molar-refractivity contribution in [1.82, 2.24) is 19.7 Å². The Morgan fingerprint density at radius 1 is 1.21 bits per heavy atom. The number of aromatic nitrogens is 3. The zero-order valence-electron chi connectivity index (χ0n) is 16.8. The van der Waals surface area contributed by atoms with Crippen LogP contribution in [0.1, 0.15) is 32.9 Å². The molecule has 0 fully saturated rings. The van der Waals surface area contributed by atoms with E-state index in [0.29, 0.717) is 18.4 Å². The number of carbonyl (C=O) groups excluding carboxylic acids is 1. The lowest BCUT2D eigenvalue weighted by Gasteiger charge is -2.30. The fraction of sp³-hybridized carbons (Fsp3) is 0.318. The number of aryl methyl sites for hydroxylation is 2. The van der Waals surface area contributed by atoms with Crippen LogP contribution in [0.5, 0.6) is 5.75 Å². The summed E-state index contributed by atoms with van der Waals surface area (Å²) >= 11 is 3.55. The predicted octanol–water partition coefficient (Wildman–Crippen LogP) is 3.89. The van der Waals surface area contributed by atoms with Crippen molar-refractivity contribution in [3.63, 3.8) is 0 Å². The summed E-state index contributed by atoms with van der Waals surface area (Å²) in [5.74, 6) is 0.789. The van der Waals surface area contributed by atoms with E-state index in [1.807, 2.05) is 47.9 Å². The molecule has 1 aliphatic heterocycles. The molecule has 7 heteroatoms. The van der Waals surface area contributed by atoms with Gasteiger partial charge in [0.05, 0.1) is 25.0 Å². The lowest BCUT2D eigenvalue weighted by Crippen LogP contribution is -2.37. The van der Waals surface area contributed by atoms with Crippen molar-refractivity contribution < 1.29 is 9.53 Å². The number of benzene rings is 1. The Balaban J connectivity index is 1.71. The number of nitrogens with zero attached hydrogens (tertiary/aromatic N) is 4. The molecule has 4 rings (SSSR count). The monoisotopic (exact) mass is 454 g/mol. The molecule has 0 saturated heterocycles. The molecule has 3 heterocycles. The third-order valence-electron chi connectivity index (χ3n) is 5.29. The highest BCUT2D eigenvalue weighted by atomic mass is 79.9. The highest BCUT2D eigenvalue weighted by Crippen LogP contribution is 2.34. The van der Waals surface area contributed by atoms with E-state index in [-0.39, 0.29) is 5.91 Å². The van der Waals surface area contributed by atoms with E-state index in [9.17, 15) is 4.79 Å². The van der Waals surface area contributed by atoms with Crippen LogP contribution in [0, 0.1) is 6.92 Å². The lowest BCUT2D eigenvalue weighted by atomic mass is 9.88. The van der Waals surface area contributed by atoms with Gasteiger partial charge in [0, 0.05) is 48.5 Å². The van der Waals surface area contributed by atoms with Gasteiger partial charge in [-0.2, -0.15) is 5.10 Å². The second-order valence-electron chi connectivity index (χ2n) is 7.27. The van der Waals surface area contributed by atoms with Gasteiger partial charge in [0.25, 0.3) is 5.91 Å². The zero-order valence-corrected chi connectivity index (χ0v) is 18.4. The summed E-state index contributed by atoms with van der Waals surface area (Å²) in [5, 5.41) is 5.18. The average Bonchev–Trinajstić information content (AvgIpc) is 3.07. The van der Waals surface area contributed by atoms with Gasteiger partial charge in [0.2, 0.25) is 0 Å². The molecule has 0 atom stereocenters. The molecular weight excluding hydrogens is 432 g/mol. The maximum Gasteiger partial charge on any atom is 0.254 e. The van der Waals surface area contributed by atoms with Gasteiger partial charge >= 0.3 is 0 Å². The van der Waals surface area contributed by atoms with E-state index in [1.54, 1.807) is 13.3 Å². The number of carbonyl (C=O) groups is 1. The van der Waals surface area contributed by atoms with E-state index < -0.39 is 0 Å². The van der Waals surface area contributed by atoms with Crippen LogP contribution in [-0.2, 0) is 25.3 Å². The number of methoxy groups -OCH3 is 1. The topological polar surface area (TPSA) is 60.2 Å². The fourth-order valence-electron chi connectivity index (χ4n) is 3.91.